The van der Waals surface area contributed by atoms with Crippen molar-refractivity contribution in [3.8, 4) is 0 Å². The molecule has 1 aromatic rings. The molecule has 3 rings (SSSR count). The third-order valence-corrected chi connectivity index (χ3v) is 7.65. The number of ether oxygens (including phenoxy) is 1. The Balaban J connectivity index is 0.000000228. The fraction of sp³-hybridized carbons (Fsp3) is 0.619. The van der Waals surface area contributed by atoms with E-state index in [1.54, 1.807) is 0 Å². The summed E-state index contributed by atoms with van der Waals surface area (Å²) in [5.74, 6) is -3.93. The number of nitrogens with two attached hydrogens (primary N) is 1. The van der Waals surface area contributed by atoms with Crippen molar-refractivity contribution >= 4 is 21.9 Å². The molecule has 3 N–H and O–H groups in total. The maximum Gasteiger partial charge on any atom is 0.307 e. The first-order valence-corrected chi connectivity index (χ1v) is 11.7. The smallest absolute Gasteiger partial charge is 0.307 e. The van der Waals surface area contributed by atoms with Crippen LogP contribution in [0.5, 0.6) is 0 Å². The zero-order chi connectivity index (χ0) is 24.5. The van der Waals surface area contributed by atoms with Crippen molar-refractivity contribution in [1.29, 1.82) is 0 Å². The number of ketones is 1. The lowest BCUT2D eigenvalue weighted by Crippen LogP contribution is -2.42. The molecular weight excluding hydrogens is 451 g/mol. The molecule has 2 aliphatic rings. The standard InChI is InChI=1S/C11H12F3NO2.C10H16O4S/c1-17-11(16)4-7(15)2-6-3-9(13)10(14)5-8(6)12;1-9(2)7-3-4-10(9,8(11)5-7)6-15(12,13)14/h3,5,7H,2,4,15H2,1H3;7H,3-6H2,1-2H3,(H,12,13,14)/t7-;7?,10-/m10/s1. The van der Waals surface area contributed by atoms with Gasteiger partial charge in [-0.1, -0.05) is 13.8 Å². The Hall–Kier alpha value is -1.98. The average molecular weight is 480 g/mol. The molecule has 1 unspecified atom stereocenters. The largest absolute Gasteiger partial charge is 0.469 e. The van der Waals surface area contributed by atoms with E-state index in [0.29, 0.717) is 18.9 Å². The summed E-state index contributed by atoms with van der Waals surface area (Å²) in [6, 6.07) is 0.485. The van der Waals surface area contributed by atoms with E-state index in [-0.39, 0.29) is 35.5 Å². The van der Waals surface area contributed by atoms with E-state index in [0.717, 1.165) is 12.5 Å². The van der Waals surface area contributed by atoms with E-state index in [2.05, 4.69) is 4.74 Å². The third kappa shape index (κ3) is 5.49. The monoisotopic (exact) mass is 479 g/mol. The van der Waals surface area contributed by atoms with Gasteiger partial charge in [-0.2, -0.15) is 8.42 Å². The van der Waals surface area contributed by atoms with Gasteiger partial charge in [0.25, 0.3) is 10.1 Å². The van der Waals surface area contributed by atoms with Crippen LogP contribution in [-0.4, -0.2) is 43.6 Å². The Labute approximate surface area is 185 Å². The summed E-state index contributed by atoms with van der Waals surface area (Å²) in [6.45, 7) is 3.89. The van der Waals surface area contributed by atoms with Gasteiger partial charge >= 0.3 is 5.97 Å². The Bertz CT molecular complexity index is 997. The highest BCUT2D eigenvalue weighted by atomic mass is 32.2. The lowest BCUT2D eigenvalue weighted by molar-refractivity contribution is -0.141. The second kappa shape index (κ2) is 9.48. The number of hydrogen-bond acceptors (Lipinski definition) is 6. The van der Waals surface area contributed by atoms with Gasteiger partial charge in [0.05, 0.1) is 24.7 Å². The molecule has 2 aliphatic carbocycles. The number of hydrogen-bond donors (Lipinski definition) is 2. The number of halogens is 3. The molecule has 7 nitrogen and oxygen atoms in total. The number of carbonyl (C=O) groups is 2. The molecule has 11 heteroatoms. The molecule has 0 aliphatic heterocycles. The second-order valence-corrected chi connectivity index (χ2v) is 10.4. The summed E-state index contributed by atoms with van der Waals surface area (Å²) in [5, 5.41) is 0. The molecule has 180 valence electrons. The van der Waals surface area contributed by atoms with Crippen LogP contribution in [0.2, 0.25) is 0 Å². The first-order chi connectivity index (χ1) is 14.6. The van der Waals surface area contributed by atoms with Crippen LogP contribution in [-0.2, 0) is 30.9 Å². The number of esters is 1. The van der Waals surface area contributed by atoms with Gasteiger partial charge in [0.15, 0.2) is 11.6 Å². The highest BCUT2D eigenvalue weighted by Gasteiger charge is 2.65. The number of rotatable bonds is 6. The minimum absolute atomic E-state index is 0.0152. The third-order valence-electron chi connectivity index (χ3n) is 6.80. The molecule has 0 heterocycles. The number of benzene rings is 1. The van der Waals surface area contributed by atoms with Crippen LogP contribution in [0.25, 0.3) is 0 Å². The molecule has 1 aromatic carbocycles. The molecule has 2 fully saturated rings. The van der Waals surface area contributed by atoms with Gasteiger partial charge in [-0.25, -0.2) is 13.2 Å². The van der Waals surface area contributed by atoms with Crippen molar-refractivity contribution in [2.45, 2.75) is 52.0 Å². The van der Waals surface area contributed by atoms with Crippen LogP contribution in [0.1, 0.15) is 45.1 Å². The number of carbonyl (C=O) groups excluding carboxylic acids is 2. The minimum Gasteiger partial charge on any atom is -0.469 e. The van der Waals surface area contributed by atoms with Crippen LogP contribution in [0.15, 0.2) is 12.1 Å². The van der Waals surface area contributed by atoms with Crippen molar-refractivity contribution in [3.05, 3.63) is 35.1 Å². The minimum atomic E-state index is -4.08. The van der Waals surface area contributed by atoms with Crippen LogP contribution in [0, 0.1) is 34.2 Å². The Morgan fingerprint density at radius 3 is 2.31 bits per heavy atom. The highest BCUT2D eigenvalue weighted by Crippen LogP contribution is 2.64. The quantitative estimate of drug-likeness (QED) is 0.365. The zero-order valence-electron chi connectivity index (χ0n) is 18.2. The fourth-order valence-electron chi connectivity index (χ4n) is 4.79. The molecule has 2 bridgehead atoms. The second-order valence-electron chi connectivity index (χ2n) is 9.00. The molecule has 0 radical (unpaired) electrons. The van der Waals surface area contributed by atoms with Crippen molar-refractivity contribution in [2.24, 2.45) is 22.5 Å². The van der Waals surface area contributed by atoms with Gasteiger partial charge in [-0.3, -0.25) is 14.1 Å². The predicted molar refractivity (Wildman–Crippen MR) is 110 cm³/mol. The van der Waals surface area contributed by atoms with Crippen molar-refractivity contribution in [3.63, 3.8) is 0 Å². The van der Waals surface area contributed by atoms with E-state index in [1.165, 1.54) is 7.11 Å². The molecule has 0 saturated heterocycles. The molecule has 0 aromatic heterocycles. The fourth-order valence-corrected chi connectivity index (χ4v) is 6.09. The van der Waals surface area contributed by atoms with E-state index in [4.69, 9.17) is 10.3 Å². The summed E-state index contributed by atoms with van der Waals surface area (Å²) in [4.78, 5) is 22.8. The maximum atomic E-state index is 13.2. The number of fused-ring (bicyclic) bond motifs is 2. The molecule has 32 heavy (non-hydrogen) atoms. The predicted octanol–water partition coefficient (Wildman–Crippen LogP) is 2.81. The first-order valence-electron chi connectivity index (χ1n) is 10.1. The van der Waals surface area contributed by atoms with Crippen LogP contribution in [0.4, 0.5) is 13.2 Å². The average Bonchev–Trinajstić information content (AvgIpc) is 2.99. The molecule has 0 amide bonds. The Kier molecular flexibility index (Phi) is 7.79. The van der Waals surface area contributed by atoms with E-state index in [9.17, 15) is 31.2 Å². The van der Waals surface area contributed by atoms with Gasteiger partial charge in [0, 0.05) is 18.5 Å². The number of Topliss-reactive ketones (excluding diaryl/α,β-unsaturated/α-hetero) is 1. The lowest BCUT2D eigenvalue weighted by Gasteiger charge is -2.35. The normalized spacial score (nSPS) is 24.6. The van der Waals surface area contributed by atoms with Crippen LogP contribution in [0.3, 0.4) is 0 Å². The number of methoxy groups -OCH3 is 1. The molecular formula is C21H28F3NO6S. The summed E-state index contributed by atoms with van der Waals surface area (Å²) < 4.78 is 74.1. The molecule has 2 saturated carbocycles. The van der Waals surface area contributed by atoms with Gasteiger partial charge in [-0.15, -0.1) is 0 Å². The Morgan fingerprint density at radius 1 is 1.25 bits per heavy atom. The summed E-state index contributed by atoms with van der Waals surface area (Å²) in [5.41, 5.74) is 4.37. The summed E-state index contributed by atoms with van der Waals surface area (Å²) in [7, 11) is -2.87. The topological polar surface area (TPSA) is 124 Å². The van der Waals surface area contributed by atoms with E-state index in [1.807, 2.05) is 13.8 Å². The van der Waals surface area contributed by atoms with Crippen molar-refractivity contribution in [2.75, 3.05) is 12.9 Å². The van der Waals surface area contributed by atoms with Crippen molar-refractivity contribution in [1.82, 2.24) is 0 Å². The Morgan fingerprint density at radius 2 is 1.84 bits per heavy atom. The maximum absolute atomic E-state index is 13.2. The molecule has 0 spiro atoms. The van der Waals surface area contributed by atoms with Gasteiger partial charge in [0.1, 0.15) is 11.6 Å². The highest BCUT2D eigenvalue weighted by molar-refractivity contribution is 7.85. The zero-order valence-corrected chi connectivity index (χ0v) is 19.0. The van der Waals surface area contributed by atoms with Crippen molar-refractivity contribution < 1.29 is 40.5 Å². The van der Waals surface area contributed by atoms with Gasteiger partial charge in [0.2, 0.25) is 0 Å². The first kappa shape index (κ1) is 26.3. The van der Waals surface area contributed by atoms with E-state index >= 15 is 0 Å². The molecule has 3 atom stereocenters. The van der Waals surface area contributed by atoms with Crippen LogP contribution >= 0.6 is 0 Å². The van der Waals surface area contributed by atoms with Crippen LogP contribution < -0.4 is 5.73 Å². The van der Waals surface area contributed by atoms with Gasteiger partial charge in [-0.05, 0) is 42.2 Å². The summed E-state index contributed by atoms with van der Waals surface area (Å²) >= 11 is 0. The SMILES string of the molecule is CC1(C)C2CC[C@]1(CS(=O)(=O)O)C(=O)C2.COC(=O)C[C@H](N)Cc1cc(F)c(F)cc1F. The van der Waals surface area contributed by atoms with Gasteiger partial charge < -0.3 is 10.5 Å². The van der Waals surface area contributed by atoms with E-state index < -0.39 is 50.7 Å². The lowest BCUT2D eigenvalue weighted by atomic mass is 9.70. The summed E-state index contributed by atoms with van der Waals surface area (Å²) in [6.07, 6.45) is 1.78.